The fourth-order valence-corrected chi connectivity index (χ4v) is 3.55. The lowest BCUT2D eigenvalue weighted by molar-refractivity contribution is -0.113. The smallest absolute Gasteiger partial charge is 0.234 e. The number of ether oxygens (including phenoxy) is 1. The highest BCUT2D eigenvalue weighted by atomic mass is 35.5. The first-order valence-electron chi connectivity index (χ1n) is 8.02. The molecule has 0 aliphatic rings. The van der Waals surface area contributed by atoms with Crippen LogP contribution in [0.2, 0.25) is 10.0 Å². The third kappa shape index (κ3) is 4.77. The van der Waals surface area contributed by atoms with Crippen molar-refractivity contribution in [2.24, 2.45) is 7.05 Å². The topological polar surface area (TPSA) is 56.1 Å². The fourth-order valence-electron chi connectivity index (χ4n) is 2.47. The molecular formula is C19H17Cl2N3O2S. The molecule has 0 spiro atoms. The molecule has 0 saturated carbocycles. The van der Waals surface area contributed by atoms with Crippen molar-refractivity contribution >= 4 is 46.6 Å². The quantitative estimate of drug-likeness (QED) is 0.560. The van der Waals surface area contributed by atoms with Crippen molar-refractivity contribution in [3.63, 3.8) is 0 Å². The lowest BCUT2D eigenvalue weighted by atomic mass is 10.1. The molecule has 1 amide bonds. The van der Waals surface area contributed by atoms with Gasteiger partial charge in [0.1, 0.15) is 5.75 Å². The second-order valence-corrected chi connectivity index (χ2v) is 7.46. The number of anilines is 1. The standard InChI is InChI=1S/C19H17Cl2N3O2S/c1-24-17(12-3-6-14(26-2)7-4-12)10-22-19(24)27-11-18(25)23-16-9-13(20)5-8-15(16)21/h3-10H,11H2,1-2H3,(H,23,25). The van der Waals surface area contributed by atoms with Crippen LogP contribution < -0.4 is 10.1 Å². The van der Waals surface area contributed by atoms with Gasteiger partial charge in [-0.15, -0.1) is 0 Å². The molecule has 5 nitrogen and oxygen atoms in total. The molecule has 0 atom stereocenters. The molecular weight excluding hydrogens is 405 g/mol. The molecule has 0 aliphatic heterocycles. The van der Waals surface area contributed by atoms with E-state index < -0.39 is 0 Å². The molecule has 3 aromatic rings. The average molecular weight is 422 g/mol. The second kappa shape index (κ2) is 8.69. The molecule has 1 N–H and O–H groups in total. The number of hydrogen-bond acceptors (Lipinski definition) is 4. The number of rotatable bonds is 6. The van der Waals surface area contributed by atoms with E-state index in [2.05, 4.69) is 10.3 Å². The number of aromatic nitrogens is 2. The SMILES string of the molecule is COc1ccc(-c2cnc(SCC(=O)Nc3cc(Cl)ccc3Cl)n2C)cc1. The number of hydrogen-bond donors (Lipinski definition) is 1. The van der Waals surface area contributed by atoms with Crippen LogP contribution in [0.3, 0.4) is 0 Å². The first-order valence-corrected chi connectivity index (χ1v) is 9.76. The first-order chi connectivity index (χ1) is 13.0. The Kier molecular flexibility index (Phi) is 6.31. The molecule has 8 heteroatoms. The van der Waals surface area contributed by atoms with Gasteiger partial charge in [-0.25, -0.2) is 4.98 Å². The van der Waals surface area contributed by atoms with Crippen molar-refractivity contribution in [2.45, 2.75) is 5.16 Å². The van der Waals surface area contributed by atoms with Gasteiger partial charge < -0.3 is 14.6 Å². The summed E-state index contributed by atoms with van der Waals surface area (Å²) in [7, 11) is 3.55. The summed E-state index contributed by atoms with van der Waals surface area (Å²) < 4.78 is 7.13. The zero-order chi connectivity index (χ0) is 19.4. The van der Waals surface area contributed by atoms with E-state index in [1.165, 1.54) is 11.8 Å². The van der Waals surface area contributed by atoms with Crippen molar-refractivity contribution in [1.82, 2.24) is 9.55 Å². The summed E-state index contributed by atoms with van der Waals surface area (Å²) in [6.45, 7) is 0. The maximum atomic E-state index is 12.2. The highest BCUT2D eigenvalue weighted by molar-refractivity contribution is 7.99. The van der Waals surface area contributed by atoms with Crippen molar-refractivity contribution in [3.8, 4) is 17.0 Å². The molecule has 0 saturated heterocycles. The maximum Gasteiger partial charge on any atom is 0.234 e. The number of carbonyl (C=O) groups is 1. The predicted octanol–water partition coefficient (Wildman–Crippen LogP) is 5.13. The molecule has 0 radical (unpaired) electrons. The van der Waals surface area contributed by atoms with Crippen molar-refractivity contribution in [2.75, 3.05) is 18.2 Å². The van der Waals surface area contributed by atoms with Crippen LogP contribution in [0.1, 0.15) is 0 Å². The molecule has 27 heavy (non-hydrogen) atoms. The number of nitrogens with one attached hydrogen (secondary N) is 1. The van der Waals surface area contributed by atoms with Crippen LogP contribution >= 0.6 is 35.0 Å². The van der Waals surface area contributed by atoms with E-state index in [4.69, 9.17) is 27.9 Å². The van der Waals surface area contributed by atoms with Gasteiger partial charge in [0.15, 0.2) is 5.16 Å². The molecule has 0 fully saturated rings. The molecule has 0 unspecified atom stereocenters. The molecule has 0 bridgehead atoms. The minimum Gasteiger partial charge on any atom is -0.497 e. The molecule has 1 aromatic heterocycles. The van der Waals surface area contributed by atoms with Gasteiger partial charge in [0, 0.05) is 17.6 Å². The van der Waals surface area contributed by atoms with Crippen molar-refractivity contribution < 1.29 is 9.53 Å². The number of carbonyl (C=O) groups excluding carboxylic acids is 1. The Balaban J connectivity index is 1.65. The average Bonchev–Trinajstić information content (AvgIpc) is 3.03. The van der Waals surface area contributed by atoms with E-state index in [1.54, 1.807) is 31.5 Å². The van der Waals surface area contributed by atoms with Gasteiger partial charge in [0.25, 0.3) is 0 Å². The van der Waals surface area contributed by atoms with E-state index in [1.807, 2.05) is 35.9 Å². The monoisotopic (exact) mass is 421 g/mol. The third-order valence-corrected chi connectivity index (χ3v) is 5.47. The number of methoxy groups -OCH3 is 1. The van der Waals surface area contributed by atoms with Crippen LogP contribution in [0.25, 0.3) is 11.3 Å². The molecule has 140 valence electrons. The normalized spacial score (nSPS) is 10.7. The number of nitrogens with zero attached hydrogens (tertiary/aromatic N) is 2. The van der Waals surface area contributed by atoms with E-state index >= 15 is 0 Å². The second-order valence-electron chi connectivity index (χ2n) is 5.67. The fraction of sp³-hybridized carbons (Fsp3) is 0.158. The number of halogens is 2. The Labute approximate surface area is 171 Å². The van der Waals surface area contributed by atoms with Gasteiger partial charge in [0.05, 0.1) is 35.5 Å². The summed E-state index contributed by atoms with van der Waals surface area (Å²) in [6.07, 6.45) is 1.79. The highest BCUT2D eigenvalue weighted by Crippen LogP contribution is 2.28. The van der Waals surface area contributed by atoms with Gasteiger partial charge in [0.2, 0.25) is 5.91 Å². The minimum absolute atomic E-state index is 0.182. The van der Waals surface area contributed by atoms with Crippen LogP contribution in [-0.4, -0.2) is 28.3 Å². The Hall–Kier alpha value is -2.15. The Morgan fingerprint density at radius 2 is 1.96 bits per heavy atom. The lowest BCUT2D eigenvalue weighted by Crippen LogP contribution is -2.14. The zero-order valence-electron chi connectivity index (χ0n) is 14.7. The van der Waals surface area contributed by atoms with Crippen LogP contribution in [0.4, 0.5) is 5.69 Å². The molecule has 3 rings (SSSR count). The summed E-state index contributed by atoms with van der Waals surface area (Å²) in [4.78, 5) is 16.6. The van der Waals surface area contributed by atoms with E-state index in [0.29, 0.717) is 15.7 Å². The Morgan fingerprint density at radius 1 is 1.22 bits per heavy atom. The van der Waals surface area contributed by atoms with Crippen LogP contribution in [0.15, 0.2) is 53.8 Å². The van der Waals surface area contributed by atoms with E-state index in [9.17, 15) is 4.79 Å². The summed E-state index contributed by atoms with van der Waals surface area (Å²) in [5.74, 6) is 0.820. The summed E-state index contributed by atoms with van der Waals surface area (Å²) >= 11 is 13.4. The molecule has 1 heterocycles. The summed E-state index contributed by atoms with van der Waals surface area (Å²) in [6, 6.07) is 12.7. The van der Waals surface area contributed by atoms with Gasteiger partial charge in [-0.05, 0) is 42.5 Å². The third-order valence-electron chi connectivity index (χ3n) is 3.87. The predicted molar refractivity (Wildman–Crippen MR) is 111 cm³/mol. The number of amides is 1. The van der Waals surface area contributed by atoms with Crippen LogP contribution in [0, 0.1) is 0 Å². The number of imidazole rings is 1. The van der Waals surface area contributed by atoms with Crippen LogP contribution in [-0.2, 0) is 11.8 Å². The zero-order valence-corrected chi connectivity index (χ0v) is 17.0. The lowest BCUT2D eigenvalue weighted by Gasteiger charge is -2.08. The van der Waals surface area contributed by atoms with Gasteiger partial charge in [-0.2, -0.15) is 0 Å². The number of thioether (sulfide) groups is 1. The van der Waals surface area contributed by atoms with E-state index in [-0.39, 0.29) is 11.7 Å². The Morgan fingerprint density at radius 3 is 2.67 bits per heavy atom. The summed E-state index contributed by atoms with van der Waals surface area (Å²) in [5.41, 5.74) is 2.47. The molecule has 2 aromatic carbocycles. The first kappa shape index (κ1) is 19.6. The van der Waals surface area contributed by atoms with Crippen molar-refractivity contribution in [1.29, 1.82) is 0 Å². The maximum absolute atomic E-state index is 12.2. The summed E-state index contributed by atoms with van der Waals surface area (Å²) in [5, 5.41) is 4.46. The van der Waals surface area contributed by atoms with Crippen LogP contribution in [0.5, 0.6) is 5.75 Å². The molecule has 0 aliphatic carbocycles. The Bertz CT molecular complexity index is 958. The van der Waals surface area contributed by atoms with Gasteiger partial charge in [-0.3, -0.25) is 4.79 Å². The largest absolute Gasteiger partial charge is 0.497 e. The van der Waals surface area contributed by atoms with Gasteiger partial charge in [-0.1, -0.05) is 35.0 Å². The van der Waals surface area contributed by atoms with E-state index in [0.717, 1.165) is 22.2 Å². The minimum atomic E-state index is -0.182. The number of benzene rings is 2. The van der Waals surface area contributed by atoms with Gasteiger partial charge >= 0.3 is 0 Å². The highest BCUT2D eigenvalue weighted by Gasteiger charge is 2.12. The van der Waals surface area contributed by atoms with Crippen molar-refractivity contribution in [3.05, 3.63) is 58.7 Å².